The standard InChI is InChI=1S/C19H15FN2O4.C18H17NO3.C17H16ClF3O6S/c1-2-7-21-15-9-14(13(20)8-16(15)26-10-17(21)23)22-18(24)11-5-3-4-6-12(11)19(22)25;1-2-21-17(20)16-13-18(22-19-16,14-9-5-3-6-10-14)15-11-7-4-8-12-15;1-28(25,26)13-6-5-9(15(18)10(13)7-27-8-17(19,20)21)16(24)14-11(22)3-2-4-12(14)23/h1,8-9H,3-7,10H2;3-12H,2,13H2,1H3;5-6,14H,2-4,7-8H2,1H3. The maximum absolute atomic E-state index is 14.7. The Balaban J connectivity index is 0.000000167. The molecule has 3 amide bonds. The third-order valence-corrected chi connectivity index (χ3v) is 14.3. The summed E-state index contributed by atoms with van der Waals surface area (Å²) in [5.74, 6) is -3.60. The zero-order valence-electron chi connectivity index (χ0n) is 40.9. The minimum Gasteiger partial charge on any atom is -0.481 e. The highest BCUT2D eigenvalue weighted by atomic mass is 35.5. The number of fused-ring (bicyclic) bond motifs is 1. The maximum atomic E-state index is 14.7. The fraction of sp³-hybridized carbons (Fsp3) is 0.333. The van der Waals surface area contributed by atoms with Gasteiger partial charge in [0.2, 0.25) is 0 Å². The number of rotatable bonds is 12. The number of Topliss-reactive ketones (excluding diaryl/α,β-unsaturated/α-hetero) is 3. The summed E-state index contributed by atoms with van der Waals surface area (Å²) in [5, 5.41) is 3.55. The molecule has 398 valence electrons. The minimum atomic E-state index is -4.65. The van der Waals surface area contributed by atoms with Gasteiger partial charge in [-0.05, 0) is 57.2 Å². The molecule has 0 saturated heterocycles. The molecule has 22 heteroatoms. The van der Waals surface area contributed by atoms with Crippen LogP contribution in [0.1, 0.15) is 85.3 Å². The van der Waals surface area contributed by atoms with Crippen molar-refractivity contribution in [2.75, 3.05) is 42.4 Å². The second-order valence-corrected chi connectivity index (χ2v) is 20.2. The molecule has 0 aromatic heterocycles. The summed E-state index contributed by atoms with van der Waals surface area (Å²) in [6.07, 6.45) is 4.97. The molecule has 3 aliphatic heterocycles. The van der Waals surface area contributed by atoms with E-state index in [0.717, 1.165) is 53.3 Å². The van der Waals surface area contributed by atoms with E-state index < -0.39 is 91.6 Å². The first-order valence-electron chi connectivity index (χ1n) is 23.7. The number of imide groups is 1. The Labute approximate surface area is 438 Å². The highest BCUT2D eigenvalue weighted by Gasteiger charge is 2.46. The van der Waals surface area contributed by atoms with E-state index in [1.165, 1.54) is 11.0 Å². The van der Waals surface area contributed by atoms with Crippen molar-refractivity contribution < 1.29 is 78.6 Å². The number of esters is 1. The molecule has 5 aliphatic rings. The predicted octanol–water partition coefficient (Wildman–Crippen LogP) is 8.14. The highest BCUT2D eigenvalue weighted by molar-refractivity contribution is 7.90. The Morgan fingerprint density at radius 3 is 2.00 bits per heavy atom. The number of benzene rings is 4. The van der Waals surface area contributed by atoms with Crippen molar-refractivity contribution >= 4 is 79.6 Å². The molecular weight excluding hydrogens is 1040 g/mol. The van der Waals surface area contributed by atoms with Gasteiger partial charge in [-0.1, -0.05) is 83.3 Å². The SMILES string of the molecule is C#CCN1C(=O)COc2cc(F)c(N3C(=O)C4=C(CCCC4)C3=O)cc21.CCOC(=O)C1=NOC(c2ccccc2)(c2ccccc2)C1.CS(=O)(=O)c1ccc(C(=O)C2C(=O)CCCC2=O)c(Cl)c1COCC(F)(F)F. The fourth-order valence-corrected chi connectivity index (χ4v) is 10.4. The van der Waals surface area contributed by atoms with Crippen molar-refractivity contribution in [3.05, 3.63) is 129 Å². The molecule has 1 fully saturated rings. The van der Waals surface area contributed by atoms with E-state index in [9.17, 15) is 59.5 Å². The van der Waals surface area contributed by atoms with Crippen LogP contribution in [-0.4, -0.2) is 94.0 Å². The van der Waals surface area contributed by atoms with E-state index in [4.69, 9.17) is 32.3 Å². The summed E-state index contributed by atoms with van der Waals surface area (Å²) < 4.78 is 90.3. The van der Waals surface area contributed by atoms with E-state index in [1.54, 1.807) is 6.92 Å². The number of carbonyl (C=O) groups is 7. The van der Waals surface area contributed by atoms with Crippen molar-refractivity contribution in [3.8, 4) is 18.1 Å². The number of nitrogens with zero attached hydrogens (tertiary/aromatic N) is 3. The van der Waals surface area contributed by atoms with Gasteiger partial charge >= 0.3 is 12.1 Å². The average Bonchev–Trinajstić information content (AvgIpc) is 3.96. The van der Waals surface area contributed by atoms with Crippen LogP contribution in [0.4, 0.5) is 28.9 Å². The Morgan fingerprint density at radius 1 is 0.868 bits per heavy atom. The lowest BCUT2D eigenvalue weighted by atomic mass is 9.81. The molecule has 0 spiro atoms. The molecule has 1 saturated carbocycles. The van der Waals surface area contributed by atoms with Crippen LogP contribution in [0.25, 0.3) is 0 Å². The number of amides is 3. The molecule has 0 atom stereocenters. The van der Waals surface area contributed by atoms with Gasteiger partial charge in [0, 0.05) is 58.6 Å². The molecule has 16 nitrogen and oxygen atoms in total. The van der Waals surface area contributed by atoms with Crippen LogP contribution in [0.15, 0.2) is 106 Å². The van der Waals surface area contributed by atoms with Crippen LogP contribution in [0.5, 0.6) is 5.75 Å². The second kappa shape index (κ2) is 23.6. The monoisotopic (exact) mass is 1090 g/mol. The number of oxime groups is 1. The molecule has 2 aliphatic carbocycles. The summed E-state index contributed by atoms with van der Waals surface area (Å²) in [6.45, 7) is -0.641. The normalized spacial score (nSPS) is 17.2. The van der Waals surface area contributed by atoms with Crippen LogP contribution in [0, 0.1) is 24.1 Å². The van der Waals surface area contributed by atoms with Crippen molar-refractivity contribution in [1.29, 1.82) is 0 Å². The minimum absolute atomic E-state index is 0.0170. The number of carbonyl (C=O) groups excluding carboxylic acids is 7. The molecule has 4 aromatic rings. The Bertz CT molecular complexity index is 3130. The van der Waals surface area contributed by atoms with E-state index in [2.05, 4.69) is 15.8 Å². The quantitative estimate of drug-likeness (QED) is 0.0328. The number of ketones is 3. The fourth-order valence-electron chi connectivity index (χ4n) is 9.15. The molecule has 9 rings (SSSR count). The topological polar surface area (TPSA) is 209 Å². The molecule has 0 unspecified atom stereocenters. The third kappa shape index (κ3) is 12.1. The predicted molar refractivity (Wildman–Crippen MR) is 266 cm³/mol. The first kappa shape index (κ1) is 56.2. The molecule has 0 bridgehead atoms. The number of ether oxygens (including phenoxy) is 3. The first-order valence-corrected chi connectivity index (χ1v) is 26.0. The lowest BCUT2D eigenvalue weighted by molar-refractivity contribution is -0.176. The van der Waals surface area contributed by atoms with Gasteiger partial charge in [-0.25, -0.2) is 22.5 Å². The molecular formula is C54H48ClF4N3O13S. The van der Waals surface area contributed by atoms with Gasteiger partial charge in [0.05, 0.1) is 47.5 Å². The summed E-state index contributed by atoms with van der Waals surface area (Å²) in [7, 11) is -3.90. The number of terminal acetylenes is 1. The summed E-state index contributed by atoms with van der Waals surface area (Å²) >= 11 is 6.11. The Hall–Kier alpha value is -7.54. The number of hydrogen-bond donors (Lipinski definition) is 0. The molecule has 0 N–H and O–H groups in total. The first-order chi connectivity index (χ1) is 36.1. The molecule has 3 heterocycles. The summed E-state index contributed by atoms with van der Waals surface area (Å²) in [6, 6.07) is 24.0. The smallest absolute Gasteiger partial charge is 0.411 e. The van der Waals surface area contributed by atoms with Crippen molar-refractivity contribution in [1.82, 2.24) is 0 Å². The molecule has 4 aromatic carbocycles. The van der Waals surface area contributed by atoms with Crippen molar-refractivity contribution in [2.24, 2.45) is 11.1 Å². The van der Waals surface area contributed by atoms with Crippen LogP contribution in [0.3, 0.4) is 0 Å². The van der Waals surface area contributed by atoms with E-state index in [-0.39, 0.29) is 60.2 Å². The highest BCUT2D eigenvalue weighted by Crippen LogP contribution is 2.43. The average molecular weight is 1090 g/mol. The Morgan fingerprint density at radius 2 is 1.46 bits per heavy atom. The van der Waals surface area contributed by atoms with Crippen LogP contribution in [-0.2, 0) is 65.1 Å². The van der Waals surface area contributed by atoms with Gasteiger partial charge in [-0.3, -0.25) is 33.7 Å². The zero-order chi connectivity index (χ0) is 55.1. The maximum Gasteiger partial charge on any atom is 0.411 e. The van der Waals surface area contributed by atoms with Crippen molar-refractivity contribution in [2.45, 2.75) is 81.6 Å². The summed E-state index contributed by atoms with van der Waals surface area (Å²) in [5.41, 5.74) is 1.81. The van der Waals surface area contributed by atoms with Crippen LogP contribution < -0.4 is 14.5 Å². The second-order valence-electron chi connectivity index (χ2n) is 17.8. The number of sulfone groups is 1. The zero-order valence-corrected chi connectivity index (χ0v) is 42.4. The van der Waals surface area contributed by atoms with Gasteiger partial charge in [0.1, 0.15) is 18.3 Å². The van der Waals surface area contributed by atoms with Crippen LogP contribution in [0.2, 0.25) is 5.02 Å². The van der Waals surface area contributed by atoms with Gasteiger partial charge in [0.15, 0.2) is 50.9 Å². The van der Waals surface area contributed by atoms with Gasteiger partial charge in [-0.2, -0.15) is 13.2 Å². The Kier molecular flexibility index (Phi) is 17.4. The van der Waals surface area contributed by atoms with Gasteiger partial charge in [-0.15, -0.1) is 6.42 Å². The van der Waals surface area contributed by atoms with Crippen molar-refractivity contribution in [3.63, 3.8) is 0 Å². The lowest BCUT2D eigenvalue weighted by Crippen LogP contribution is -2.39. The summed E-state index contributed by atoms with van der Waals surface area (Å²) in [4.78, 5) is 93.6. The molecule has 0 radical (unpaired) electrons. The third-order valence-electron chi connectivity index (χ3n) is 12.7. The van der Waals surface area contributed by atoms with Gasteiger partial charge < -0.3 is 19.0 Å². The van der Waals surface area contributed by atoms with E-state index in [1.807, 2.05) is 60.7 Å². The number of halogens is 5. The number of hydrogen-bond acceptors (Lipinski definition) is 14. The molecule has 76 heavy (non-hydrogen) atoms. The van der Waals surface area contributed by atoms with Crippen LogP contribution >= 0.6 is 11.6 Å². The van der Waals surface area contributed by atoms with Gasteiger partial charge in [0.25, 0.3) is 17.7 Å². The van der Waals surface area contributed by atoms with E-state index in [0.29, 0.717) is 49.1 Å². The van der Waals surface area contributed by atoms with E-state index >= 15 is 0 Å². The lowest BCUT2D eigenvalue weighted by Gasteiger charge is -2.29. The largest absolute Gasteiger partial charge is 0.481 e. The number of anilines is 2. The number of alkyl halides is 3.